The fourth-order valence-electron chi connectivity index (χ4n) is 3.71. The molecule has 0 heteroatoms. The maximum atomic E-state index is 7.74. The van der Waals surface area contributed by atoms with Crippen LogP contribution in [0, 0.1) is 94.6 Å². The lowest BCUT2D eigenvalue weighted by Crippen LogP contribution is -2.04. The lowest BCUT2D eigenvalue weighted by Gasteiger charge is -2.15. The number of hydrogen-bond donors (Lipinski definition) is 0. The molecule has 0 aliphatic heterocycles. The zero-order chi connectivity index (χ0) is 61.3. The Hall–Kier alpha value is 0. The molecule has 1 atom stereocenters. The van der Waals surface area contributed by atoms with Gasteiger partial charge in [0.2, 0.25) is 0 Å². The van der Waals surface area contributed by atoms with Crippen LogP contribution in [0.2, 0.25) is 0 Å². The largest absolute Gasteiger partial charge is 0.0654 e. The first-order chi connectivity index (χ1) is 31.5. The van der Waals surface area contributed by atoms with Gasteiger partial charge in [-0.25, -0.2) is 0 Å². The highest BCUT2D eigenvalue weighted by atomic mass is 14.1. The summed E-state index contributed by atoms with van der Waals surface area (Å²) in [6.45, 7) is 66.0. The van der Waals surface area contributed by atoms with Gasteiger partial charge < -0.3 is 0 Å². The van der Waals surface area contributed by atoms with Crippen molar-refractivity contribution in [2.75, 3.05) is 0 Å². The molecule has 0 fully saturated rings. The molecule has 0 nitrogen and oxygen atoms in total. The molecule has 0 N–H and O–H groups in total. The van der Waals surface area contributed by atoms with E-state index in [1.165, 1.54) is 38.5 Å². The van der Waals surface area contributed by atoms with Gasteiger partial charge in [-0.05, 0) is 107 Å². The molecule has 0 saturated carbocycles. The summed E-state index contributed by atoms with van der Waals surface area (Å²) in [4.78, 5) is 0. The monoisotopic (exact) mass is 873 g/mol. The van der Waals surface area contributed by atoms with Crippen LogP contribution in [0.3, 0.4) is 0 Å². The van der Waals surface area contributed by atoms with Crippen molar-refractivity contribution in [2.45, 2.75) is 300 Å². The summed E-state index contributed by atoms with van der Waals surface area (Å²) >= 11 is 0. The van der Waals surface area contributed by atoms with Crippen LogP contribution in [0.4, 0.5) is 0 Å². The van der Waals surface area contributed by atoms with Crippen molar-refractivity contribution in [3.05, 3.63) is 0 Å². The third-order valence-corrected chi connectivity index (χ3v) is 8.62. The van der Waals surface area contributed by atoms with Gasteiger partial charge in [0.1, 0.15) is 0 Å². The summed E-state index contributed by atoms with van der Waals surface area (Å²) in [6, 6.07) is 0. The van der Waals surface area contributed by atoms with E-state index in [2.05, 4.69) is 159 Å². The molecule has 0 saturated heterocycles. The van der Waals surface area contributed by atoms with E-state index >= 15 is 0 Å². The van der Waals surface area contributed by atoms with Gasteiger partial charge in [0.05, 0.1) is 0 Å². The molecule has 0 aliphatic carbocycles. The van der Waals surface area contributed by atoms with E-state index in [4.69, 9.17) is 16.4 Å². The Kier molecular flexibility index (Phi) is 57.3. The predicted octanol–water partition coefficient (Wildman–Crippen LogP) is 23.6. The van der Waals surface area contributed by atoms with E-state index in [1.807, 2.05) is 41.5 Å². The lowest BCUT2D eigenvalue weighted by molar-refractivity contribution is 0.362. The molecule has 0 amide bonds. The van der Waals surface area contributed by atoms with Crippen LogP contribution in [0.25, 0.3) is 0 Å². The first kappa shape index (κ1) is 54.3. The van der Waals surface area contributed by atoms with Gasteiger partial charge in [0.15, 0.2) is 0 Å². The smallest absolute Gasteiger partial charge is 0.0302 e. The minimum Gasteiger partial charge on any atom is -0.0654 e. The lowest BCUT2D eigenvalue weighted by atomic mass is 9.91. The molecule has 0 bridgehead atoms. The SMILES string of the molecule is CC(C)C.CC(C)C(C)C.CC(C)CC(C)C.CCC(C)C.CCC(CC)C(C)C.CCCC(C)C.[2H]C(C)(C)C(C)C.[2H]C([2H])(C(C)C)C(C)C.[2H]C([2H])([2H])C(C)C.[2H]C([2H])([2H])C([2H])(C(C)C)C([2H])([2H])C. The average Bonchev–Trinajstić information content (AvgIpc) is 3.14. The van der Waals surface area contributed by atoms with E-state index in [0.717, 1.165) is 60.2 Å². The van der Waals surface area contributed by atoms with Gasteiger partial charge >= 0.3 is 0 Å². The topological polar surface area (TPSA) is 0 Å². The summed E-state index contributed by atoms with van der Waals surface area (Å²) in [5.41, 5.74) is 0. The molecule has 0 aromatic heterocycles. The van der Waals surface area contributed by atoms with Crippen molar-refractivity contribution in [1.82, 2.24) is 0 Å². The van der Waals surface area contributed by atoms with Crippen LogP contribution in [-0.2, 0) is 0 Å². The molecule has 0 spiro atoms. The van der Waals surface area contributed by atoms with Gasteiger partial charge in [-0.3, -0.25) is 0 Å². The van der Waals surface area contributed by atoms with Gasteiger partial charge in [-0.2, -0.15) is 0 Å². The highest BCUT2D eigenvalue weighted by molar-refractivity contribution is 4.57. The Morgan fingerprint density at radius 2 is 0.667 bits per heavy atom. The Balaban J connectivity index is -0.0000000753. The van der Waals surface area contributed by atoms with Gasteiger partial charge in [-0.15, -0.1) is 0 Å². The second kappa shape index (κ2) is 63.3. The molecule has 0 aromatic rings. The van der Waals surface area contributed by atoms with E-state index in [-0.39, 0.29) is 23.6 Å². The van der Waals surface area contributed by atoms with Crippen molar-refractivity contribution < 1.29 is 16.4 Å². The van der Waals surface area contributed by atoms with Crippen LogP contribution in [0.1, 0.15) is 317 Å². The van der Waals surface area contributed by atoms with Crippen LogP contribution in [-0.4, -0.2) is 0 Å². The highest BCUT2D eigenvalue weighted by Crippen LogP contribution is 2.17. The number of hydrogen-bond acceptors (Lipinski definition) is 0. The minimum atomic E-state index is -2.60. The Morgan fingerprint density at radius 3 is 0.667 bits per heavy atom. The summed E-state index contributed by atoms with van der Waals surface area (Å²) in [6.07, 6.45) is 5.02. The predicted molar refractivity (Wildman–Crippen MR) is 297 cm³/mol. The fraction of sp³-hybridized carbons (Fsp3) is 1.00. The summed E-state index contributed by atoms with van der Waals surface area (Å²) in [5, 5.41) is 0. The molecule has 0 rings (SSSR count). The fourth-order valence-corrected chi connectivity index (χ4v) is 3.71. The molecule has 1 unspecified atom stereocenters. The van der Waals surface area contributed by atoms with Crippen molar-refractivity contribution in [2.24, 2.45) is 94.6 Å². The van der Waals surface area contributed by atoms with Crippen LogP contribution in [0.15, 0.2) is 0 Å². The Morgan fingerprint density at radius 1 is 0.367 bits per heavy atom. The zero-order valence-electron chi connectivity index (χ0n) is 61.3. The molecular formula is C60H140. The maximum Gasteiger partial charge on any atom is 0.0302 e. The molecule has 380 valence electrons. The van der Waals surface area contributed by atoms with Crippen molar-refractivity contribution in [3.8, 4) is 0 Å². The van der Waals surface area contributed by atoms with Crippen LogP contribution >= 0.6 is 0 Å². The molecule has 60 heavy (non-hydrogen) atoms. The van der Waals surface area contributed by atoms with E-state index in [1.54, 1.807) is 27.7 Å². The summed E-state index contributed by atoms with van der Waals surface area (Å²) in [7, 11) is 0. The maximum absolute atomic E-state index is 7.74. The second-order valence-corrected chi connectivity index (χ2v) is 21.7. The number of rotatable bonds is 14. The van der Waals surface area contributed by atoms with Crippen molar-refractivity contribution >= 4 is 0 Å². The van der Waals surface area contributed by atoms with Gasteiger partial charge in [-0.1, -0.05) is 288 Å². The average molecular weight is 874 g/mol. The van der Waals surface area contributed by atoms with Gasteiger partial charge in [0, 0.05) is 16.4 Å². The van der Waals surface area contributed by atoms with Crippen LogP contribution in [0.5, 0.6) is 0 Å². The molecular weight excluding hydrogens is 721 g/mol. The van der Waals surface area contributed by atoms with Gasteiger partial charge in [0.25, 0.3) is 0 Å². The molecule has 0 aliphatic rings. The zero-order valence-corrected chi connectivity index (χ0v) is 49.3. The molecule has 0 heterocycles. The molecule has 0 aromatic carbocycles. The van der Waals surface area contributed by atoms with Crippen molar-refractivity contribution in [3.63, 3.8) is 0 Å². The van der Waals surface area contributed by atoms with Crippen molar-refractivity contribution in [1.29, 1.82) is 0 Å². The first-order valence-corrected chi connectivity index (χ1v) is 25.5. The summed E-state index contributed by atoms with van der Waals surface area (Å²) in [5.74, 6) is 5.56. The third-order valence-electron chi connectivity index (χ3n) is 8.62. The normalized spacial score (nSPS) is 15.6. The standard InChI is InChI=1S/C8H18.3C7H16.3C6H14.C5H12.2C4H10/c1-5-8(6-2)7(3)4;2*1-6(2)5-7(3)4;1-5-7(4)6(2)3;2*1-5(2)6(3)4;1-4-5-6(2)3;1-4-5(2)3;2*1-4(2)3/h7-8H,5-6H2,1-4H3;3*6-7H,5H2,1-4H3;2*5-6H,1-4H3;6H,4-5H2,1-3H3;5H,4H2,1-3H3;2*4H,1-3H3/i;5D2;;4D3,5D2,7D;5D;;;;1D3;. The minimum absolute atomic E-state index is 0.123. The van der Waals surface area contributed by atoms with Crippen LogP contribution < -0.4 is 0 Å². The van der Waals surface area contributed by atoms with E-state index < -0.39 is 38.3 Å². The van der Waals surface area contributed by atoms with E-state index in [0.29, 0.717) is 5.92 Å². The third kappa shape index (κ3) is 154. The Bertz CT molecular complexity index is 990. The quantitative estimate of drug-likeness (QED) is 0.163. The summed E-state index contributed by atoms with van der Waals surface area (Å²) < 4.78 is 86.6. The highest BCUT2D eigenvalue weighted by Gasteiger charge is 2.06. The molecule has 0 radical (unpaired) electrons. The first-order valence-electron chi connectivity index (χ1n) is 31.5. The second-order valence-electron chi connectivity index (χ2n) is 21.7. The van der Waals surface area contributed by atoms with E-state index in [9.17, 15) is 0 Å². The Labute approximate surface area is 410 Å².